The SMILES string of the molecule is COc1cc(C)c(C(C)CC(C)O)cc1C. The largest absolute Gasteiger partial charge is 0.496 e. The van der Waals surface area contributed by atoms with Crippen LogP contribution in [0.15, 0.2) is 12.1 Å². The lowest BCUT2D eigenvalue weighted by Gasteiger charge is -2.18. The zero-order valence-corrected chi connectivity index (χ0v) is 10.9. The number of hydrogen-bond acceptors (Lipinski definition) is 2. The predicted octanol–water partition coefficient (Wildman–Crippen LogP) is 3.19. The number of benzene rings is 1. The number of aliphatic hydroxyl groups is 1. The van der Waals surface area contributed by atoms with Crippen LogP contribution in [0.4, 0.5) is 0 Å². The Hall–Kier alpha value is -1.02. The van der Waals surface area contributed by atoms with Crippen molar-refractivity contribution in [2.75, 3.05) is 7.11 Å². The van der Waals surface area contributed by atoms with Crippen LogP contribution in [-0.2, 0) is 0 Å². The molecule has 0 radical (unpaired) electrons. The summed E-state index contributed by atoms with van der Waals surface area (Å²) in [6.07, 6.45) is 0.545. The summed E-state index contributed by atoms with van der Waals surface area (Å²) in [5.41, 5.74) is 3.69. The standard InChI is InChI=1S/C14H22O2/c1-9(6-12(4)15)13-7-11(3)14(16-5)8-10(13)2/h7-9,12,15H,6H2,1-5H3. The van der Waals surface area contributed by atoms with Gasteiger partial charge in [0, 0.05) is 0 Å². The molecule has 2 unspecified atom stereocenters. The van der Waals surface area contributed by atoms with Crippen molar-refractivity contribution in [1.29, 1.82) is 0 Å². The smallest absolute Gasteiger partial charge is 0.122 e. The number of aryl methyl sites for hydroxylation is 2. The number of hydrogen-bond donors (Lipinski definition) is 1. The van der Waals surface area contributed by atoms with Crippen molar-refractivity contribution in [1.82, 2.24) is 0 Å². The van der Waals surface area contributed by atoms with Gasteiger partial charge in [-0.2, -0.15) is 0 Å². The van der Waals surface area contributed by atoms with Crippen molar-refractivity contribution < 1.29 is 9.84 Å². The van der Waals surface area contributed by atoms with Crippen LogP contribution in [0.2, 0.25) is 0 Å². The molecule has 0 heterocycles. The molecule has 0 amide bonds. The molecule has 0 aromatic heterocycles. The van der Waals surface area contributed by atoms with Gasteiger partial charge in [-0.1, -0.05) is 13.0 Å². The highest BCUT2D eigenvalue weighted by Crippen LogP contribution is 2.29. The van der Waals surface area contributed by atoms with Gasteiger partial charge in [-0.05, 0) is 55.9 Å². The zero-order valence-electron chi connectivity index (χ0n) is 10.9. The summed E-state index contributed by atoms with van der Waals surface area (Å²) in [6, 6.07) is 4.24. The van der Waals surface area contributed by atoms with Gasteiger partial charge in [0.05, 0.1) is 13.2 Å². The number of aliphatic hydroxyl groups excluding tert-OH is 1. The fourth-order valence-corrected chi connectivity index (χ4v) is 2.20. The zero-order chi connectivity index (χ0) is 12.3. The van der Waals surface area contributed by atoms with E-state index in [0.717, 1.165) is 17.7 Å². The second-order valence-electron chi connectivity index (χ2n) is 4.66. The van der Waals surface area contributed by atoms with Crippen molar-refractivity contribution in [2.24, 2.45) is 0 Å². The van der Waals surface area contributed by atoms with E-state index in [-0.39, 0.29) is 6.10 Å². The Labute approximate surface area is 98.3 Å². The van der Waals surface area contributed by atoms with Crippen LogP contribution in [0.3, 0.4) is 0 Å². The van der Waals surface area contributed by atoms with Crippen LogP contribution in [-0.4, -0.2) is 18.3 Å². The van der Waals surface area contributed by atoms with E-state index >= 15 is 0 Å². The molecular formula is C14H22O2. The minimum Gasteiger partial charge on any atom is -0.496 e. The van der Waals surface area contributed by atoms with Gasteiger partial charge in [0.2, 0.25) is 0 Å². The van der Waals surface area contributed by atoms with Crippen molar-refractivity contribution in [3.05, 3.63) is 28.8 Å². The van der Waals surface area contributed by atoms with E-state index in [1.807, 2.05) is 6.92 Å². The van der Waals surface area contributed by atoms with E-state index in [0.29, 0.717) is 5.92 Å². The van der Waals surface area contributed by atoms with Crippen molar-refractivity contribution in [3.8, 4) is 5.75 Å². The van der Waals surface area contributed by atoms with E-state index in [9.17, 15) is 5.11 Å². The molecule has 0 saturated carbocycles. The van der Waals surface area contributed by atoms with Crippen molar-refractivity contribution in [3.63, 3.8) is 0 Å². The van der Waals surface area contributed by atoms with Crippen LogP contribution in [0, 0.1) is 13.8 Å². The number of methoxy groups -OCH3 is 1. The molecule has 0 aliphatic carbocycles. The van der Waals surface area contributed by atoms with E-state index in [2.05, 4.69) is 32.9 Å². The van der Waals surface area contributed by atoms with Gasteiger partial charge in [0.15, 0.2) is 0 Å². The van der Waals surface area contributed by atoms with Crippen LogP contribution < -0.4 is 4.74 Å². The molecule has 0 bridgehead atoms. The lowest BCUT2D eigenvalue weighted by atomic mass is 9.90. The molecule has 0 fully saturated rings. The Balaban J connectivity index is 3.01. The third-order valence-electron chi connectivity index (χ3n) is 3.01. The van der Waals surface area contributed by atoms with E-state index < -0.39 is 0 Å². The Morgan fingerprint density at radius 2 is 1.81 bits per heavy atom. The molecule has 1 rings (SSSR count). The van der Waals surface area contributed by atoms with Crippen molar-refractivity contribution >= 4 is 0 Å². The summed E-state index contributed by atoms with van der Waals surface area (Å²) in [7, 11) is 1.70. The fraction of sp³-hybridized carbons (Fsp3) is 0.571. The molecule has 0 aliphatic rings. The first-order chi connectivity index (χ1) is 7.45. The molecule has 2 heteroatoms. The third-order valence-corrected chi connectivity index (χ3v) is 3.01. The minimum absolute atomic E-state index is 0.253. The van der Waals surface area contributed by atoms with Gasteiger partial charge in [0.25, 0.3) is 0 Å². The van der Waals surface area contributed by atoms with Gasteiger partial charge in [-0.25, -0.2) is 0 Å². The lowest BCUT2D eigenvalue weighted by Crippen LogP contribution is -2.07. The second kappa shape index (κ2) is 5.35. The summed E-state index contributed by atoms with van der Waals surface area (Å²) < 4.78 is 5.29. The predicted molar refractivity (Wildman–Crippen MR) is 67.2 cm³/mol. The summed E-state index contributed by atoms with van der Waals surface area (Å²) in [6.45, 7) is 8.13. The van der Waals surface area contributed by atoms with Crippen LogP contribution in [0.25, 0.3) is 0 Å². The molecule has 1 aromatic rings. The third kappa shape index (κ3) is 2.99. The lowest BCUT2D eigenvalue weighted by molar-refractivity contribution is 0.176. The Bertz CT molecular complexity index is 356. The van der Waals surface area contributed by atoms with Gasteiger partial charge in [0.1, 0.15) is 5.75 Å². The molecule has 2 nitrogen and oxygen atoms in total. The number of rotatable bonds is 4. The summed E-state index contributed by atoms with van der Waals surface area (Å²) in [5.74, 6) is 1.31. The molecule has 0 aliphatic heterocycles. The first-order valence-electron chi connectivity index (χ1n) is 5.79. The molecule has 16 heavy (non-hydrogen) atoms. The Morgan fingerprint density at radius 1 is 1.19 bits per heavy atom. The molecule has 0 spiro atoms. The maximum Gasteiger partial charge on any atom is 0.122 e. The van der Waals surface area contributed by atoms with Gasteiger partial charge in [-0.15, -0.1) is 0 Å². The van der Waals surface area contributed by atoms with Crippen molar-refractivity contribution in [2.45, 2.75) is 46.1 Å². The maximum atomic E-state index is 9.42. The summed E-state index contributed by atoms with van der Waals surface area (Å²) in [4.78, 5) is 0. The van der Waals surface area contributed by atoms with Crippen LogP contribution in [0.1, 0.15) is 42.9 Å². The maximum absolute atomic E-state index is 9.42. The highest BCUT2D eigenvalue weighted by Gasteiger charge is 2.13. The first kappa shape index (κ1) is 13.0. The average Bonchev–Trinajstić information content (AvgIpc) is 2.19. The molecule has 1 aromatic carbocycles. The van der Waals surface area contributed by atoms with Crippen LogP contribution >= 0.6 is 0 Å². The minimum atomic E-state index is -0.253. The topological polar surface area (TPSA) is 29.5 Å². The van der Waals surface area contributed by atoms with E-state index in [4.69, 9.17) is 4.74 Å². The van der Waals surface area contributed by atoms with Gasteiger partial charge in [-0.3, -0.25) is 0 Å². The van der Waals surface area contributed by atoms with Gasteiger partial charge < -0.3 is 9.84 Å². The quantitative estimate of drug-likeness (QED) is 0.847. The molecule has 90 valence electrons. The van der Waals surface area contributed by atoms with Gasteiger partial charge >= 0.3 is 0 Å². The average molecular weight is 222 g/mol. The fourth-order valence-electron chi connectivity index (χ4n) is 2.20. The summed E-state index contributed by atoms with van der Waals surface area (Å²) >= 11 is 0. The highest BCUT2D eigenvalue weighted by atomic mass is 16.5. The Morgan fingerprint density at radius 3 is 2.31 bits per heavy atom. The second-order valence-corrected chi connectivity index (χ2v) is 4.66. The molecule has 0 saturated heterocycles. The van der Waals surface area contributed by atoms with Crippen LogP contribution in [0.5, 0.6) is 5.75 Å². The Kier molecular flexibility index (Phi) is 4.36. The number of ether oxygens (including phenoxy) is 1. The monoisotopic (exact) mass is 222 g/mol. The van der Waals surface area contributed by atoms with E-state index in [1.54, 1.807) is 7.11 Å². The molecular weight excluding hydrogens is 200 g/mol. The normalized spacial score (nSPS) is 14.6. The van der Waals surface area contributed by atoms with E-state index in [1.165, 1.54) is 11.1 Å². The molecule has 2 atom stereocenters. The highest BCUT2D eigenvalue weighted by molar-refractivity contribution is 5.42. The summed E-state index contributed by atoms with van der Waals surface area (Å²) in [5, 5.41) is 9.42. The molecule has 1 N–H and O–H groups in total. The first-order valence-corrected chi connectivity index (χ1v) is 5.79.